The standard InChI is InChI=1S/C15H23N3O6/c1-5-7-14(19)17(21-3)23-12-9-10-16-13(11-12)24-18(22-4)15(20)8-6-2/h9-11H,5-8H2,1-4H3. The largest absolute Gasteiger partial charge is 0.351 e. The third kappa shape index (κ3) is 6.01. The lowest BCUT2D eigenvalue weighted by atomic mass is 10.3. The van der Waals surface area contributed by atoms with Crippen LogP contribution in [0.2, 0.25) is 0 Å². The fourth-order valence-corrected chi connectivity index (χ4v) is 1.67. The monoisotopic (exact) mass is 341 g/mol. The van der Waals surface area contributed by atoms with E-state index in [1.807, 2.05) is 13.8 Å². The van der Waals surface area contributed by atoms with Crippen molar-refractivity contribution in [3.05, 3.63) is 18.3 Å². The van der Waals surface area contributed by atoms with Crippen molar-refractivity contribution in [1.29, 1.82) is 0 Å². The van der Waals surface area contributed by atoms with E-state index in [4.69, 9.17) is 19.4 Å². The Balaban J connectivity index is 2.78. The van der Waals surface area contributed by atoms with E-state index in [2.05, 4.69) is 4.98 Å². The lowest BCUT2D eigenvalue weighted by molar-refractivity contribution is -0.285. The summed E-state index contributed by atoms with van der Waals surface area (Å²) in [6, 6.07) is 2.92. The summed E-state index contributed by atoms with van der Waals surface area (Å²) in [5.41, 5.74) is 0. The van der Waals surface area contributed by atoms with Gasteiger partial charge >= 0.3 is 0 Å². The summed E-state index contributed by atoms with van der Waals surface area (Å²) >= 11 is 0. The van der Waals surface area contributed by atoms with E-state index in [9.17, 15) is 9.59 Å². The quantitative estimate of drug-likeness (QED) is 0.602. The molecule has 0 aliphatic carbocycles. The van der Waals surface area contributed by atoms with Crippen molar-refractivity contribution in [2.45, 2.75) is 39.5 Å². The number of carbonyl (C=O) groups excluding carboxylic acids is 2. The molecule has 0 aliphatic heterocycles. The second kappa shape index (κ2) is 10.4. The highest BCUT2D eigenvalue weighted by atomic mass is 17.0. The second-order valence-electron chi connectivity index (χ2n) is 4.68. The highest BCUT2D eigenvalue weighted by Crippen LogP contribution is 2.19. The molecular formula is C15H23N3O6. The number of hydrogen-bond acceptors (Lipinski definition) is 7. The predicted octanol–water partition coefficient (Wildman–Crippen LogP) is 2.05. The van der Waals surface area contributed by atoms with Gasteiger partial charge in [0, 0.05) is 31.2 Å². The molecule has 0 saturated heterocycles. The number of carbonyl (C=O) groups is 2. The van der Waals surface area contributed by atoms with Crippen LogP contribution in [0.5, 0.6) is 11.6 Å². The van der Waals surface area contributed by atoms with E-state index in [1.165, 1.54) is 32.5 Å². The van der Waals surface area contributed by atoms with Gasteiger partial charge in [0.2, 0.25) is 0 Å². The summed E-state index contributed by atoms with van der Waals surface area (Å²) in [7, 11) is 2.63. The number of hydrogen-bond donors (Lipinski definition) is 0. The molecule has 24 heavy (non-hydrogen) atoms. The number of rotatable bonds is 10. The van der Waals surface area contributed by atoms with Crippen molar-refractivity contribution >= 4 is 11.8 Å². The first-order valence-corrected chi connectivity index (χ1v) is 7.61. The van der Waals surface area contributed by atoms with Gasteiger partial charge in [0.25, 0.3) is 17.7 Å². The third-order valence-electron chi connectivity index (χ3n) is 2.74. The summed E-state index contributed by atoms with van der Waals surface area (Å²) in [6.45, 7) is 3.74. The number of nitrogens with zero attached hydrogens (tertiary/aromatic N) is 3. The summed E-state index contributed by atoms with van der Waals surface area (Å²) < 4.78 is 0. The number of hydroxylamine groups is 4. The molecule has 0 fully saturated rings. The molecule has 1 aromatic rings. The maximum Gasteiger partial charge on any atom is 0.285 e. The van der Waals surface area contributed by atoms with Crippen molar-refractivity contribution < 1.29 is 28.9 Å². The molecule has 134 valence electrons. The van der Waals surface area contributed by atoms with Crippen LogP contribution in [0.15, 0.2) is 18.3 Å². The molecule has 0 spiro atoms. The first kappa shape index (κ1) is 19.7. The van der Waals surface area contributed by atoms with E-state index in [0.717, 1.165) is 10.5 Å². The Labute approximate surface area is 140 Å². The van der Waals surface area contributed by atoms with Gasteiger partial charge in [0.05, 0.1) is 14.2 Å². The number of aromatic nitrogens is 1. The lowest BCUT2D eigenvalue weighted by Crippen LogP contribution is -2.34. The van der Waals surface area contributed by atoms with Crippen molar-refractivity contribution in [3.8, 4) is 11.6 Å². The van der Waals surface area contributed by atoms with Crippen LogP contribution in [0, 0.1) is 0 Å². The van der Waals surface area contributed by atoms with Gasteiger partial charge in [-0.05, 0) is 23.3 Å². The molecule has 0 atom stereocenters. The summed E-state index contributed by atoms with van der Waals surface area (Å²) in [5, 5.41) is 1.52. The molecule has 9 heteroatoms. The molecule has 1 rings (SSSR count). The summed E-state index contributed by atoms with van der Waals surface area (Å²) in [6.07, 6.45) is 3.27. The minimum atomic E-state index is -0.343. The van der Waals surface area contributed by atoms with E-state index < -0.39 is 0 Å². The Bertz CT molecular complexity index is 496. The molecule has 0 aromatic carbocycles. The van der Waals surface area contributed by atoms with Crippen molar-refractivity contribution in [2.75, 3.05) is 14.2 Å². The molecule has 0 bridgehead atoms. The third-order valence-corrected chi connectivity index (χ3v) is 2.74. The van der Waals surface area contributed by atoms with Crippen molar-refractivity contribution in [3.63, 3.8) is 0 Å². The molecule has 0 radical (unpaired) electrons. The lowest BCUT2D eigenvalue weighted by Gasteiger charge is -2.20. The van der Waals surface area contributed by atoms with Crippen molar-refractivity contribution in [2.24, 2.45) is 0 Å². The predicted molar refractivity (Wildman–Crippen MR) is 83.0 cm³/mol. The van der Waals surface area contributed by atoms with Crippen LogP contribution in [-0.2, 0) is 19.3 Å². The Hall–Kier alpha value is -2.39. The molecule has 2 amide bonds. The Morgan fingerprint density at radius 3 is 2.04 bits per heavy atom. The maximum absolute atomic E-state index is 11.8. The van der Waals surface area contributed by atoms with E-state index in [0.29, 0.717) is 12.8 Å². The first-order chi connectivity index (χ1) is 11.5. The van der Waals surface area contributed by atoms with Crippen LogP contribution in [0.4, 0.5) is 0 Å². The fourth-order valence-electron chi connectivity index (χ4n) is 1.67. The number of amides is 2. The first-order valence-electron chi connectivity index (χ1n) is 7.61. The van der Waals surface area contributed by atoms with Gasteiger partial charge < -0.3 is 9.68 Å². The van der Waals surface area contributed by atoms with Crippen molar-refractivity contribution in [1.82, 2.24) is 15.4 Å². The van der Waals surface area contributed by atoms with Gasteiger partial charge in [-0.25, -0.2) is 14.7 Å². The Kier molecular flexibility index (Phi) is 8.52. The van der Waals surface area contributed by atoms with Gasteiger partial charge in [-0.1, -0.05) is 13.8 Å². The van der Waals surface area contributed by atoms with Crippen LogP contribution in [-0.4, -0.2) is 41.5 Å². The molecular weight excluding hydrogens is 318 g/mol. The highest BCUT2D eigenvalue weighted by Gasteiger charge is 2.18. The van der Waals surface area contributed by atoms with Gasteiger partial charge in [0.15, 0.2) is 5.75 Å². The average Bonchev–Trinajstić information content (AvgIpc) is 2.58. The van der Waals surface area contributed by atoms with Crippen LogP contribution in [0.3, 0.4) is 0 Å². The zero-order valence-corrected chi connectivity index (χ0v) is 14.4. The maximum atomic E-state index is 11.8. The zero-order chi connectivity index (χ0) is 17.9. The van der Waals surface area contributed by atoms with Crippen LogP contribution >= 0.6 is 0 Å². The summed E-state index contributed by atoms with van der Waals surface area (Å²) in [4.78, 5) is 47.9. The molecule has 0 unspecified atom stereocenters. The van der Waals surface area contributed by atoms with E-state index in [1.54, 1.807) is 0 Å². The second-order valence-corrected chi connectivity index (χ2v) is 4.68. The topological polar surface area (TPSA) is 90.4 Å². The smallest absolute Gasteiger partial charge is 0.285 e. The van der Waals surface area contributed by atoms with Gasteiger partial charge in [-0.3, -0.25) is 9.59 Å². The minimum Gasteiger partial charge on any atom is -0.351 e. The average molecular weight is 341 g/mol. The SMILES string of the molecule is CCCC(=O)N(OC)Oc1ccnc(ON(OC)C(=O)CCC)c1. The molecule has 0 aliphatic rings. The Morgan fingerprint density at radius 2 is 1.54 bits per heavy atom. The van der Waals surface area contributed by atoms with E-state index in [-0.39, 0.29) is 36.3 Å². The van der Waals surface area contributed by atoms with Crippen LogP contribution < -0.4 is 9.68 Å². The van der Waals surface area contributed by atoms with Gasteiger partial charge in [-0.2, -0.15) is 0 Å². The highest BCUT2D eigenvalue weighted by molar-refractivity contribution is 5.74. The van der Waals surface area contributed by atoms with Crippen LogP contribution in [0.25, 0.3) is 0 Å². The van der Waals surface area contributed by atoms with Gasteiger partial charge in [-0.15, -0.1) is 0 Å². The van der Waals surface area contributed by atoms with E-state index >= 15 is 0 Å². The minimum absolute atomic E-state index is 0.0674. The Morgan fingerprint density at radius 1 is 1.00 bits per heavy atom. The zero-order valence-electron chi connectivity index (χ0n) is 14.4. The number of pyridine rings is 1. The fraction of sp³-hybridized carbons (Fsp3) is 0.533. The summed E-state index contributed by atoms with van der Waals surface area (Å²) in [5.74, 6) is -0.344. The molecule has 1 aromatic heterocycles. The molecule has 1 heterocycles. The molecule has 9 nitrogen and oxygen atoms in total. The normalized spacial score (nSPS) is 10.2. The van der Waals surface area contributed by atoms with Gasteiger partial charge in [0.1, 0.15) is 0 Å². The molecule has 0 N–H and O–H groups in total. The van der Waals surface area contributed by atoms with Crippen LogP contribution in [0.1, 0.15) is 39.5 Å². The molecule has 0 saturated carbocycles.